The molecule has 0 spiro atoms. The van der Waals surface area contributed by atoms with Crippen molar-refractivity contribution in [3.63, 3.8) is 0 Å². The first-order valence-electron chi connectivity index (χ1n) is 7.45. The van der Waals surface area contributed by atoms with Gasteiger partial charge in [0.1, 0.15) is 0 Å². The number of nitrogens with zero attached hydrogens (tertiary/aromatic N) is 1. The van der Waals surface area contributed by atoms with E-state index in [1.54, 1.807) is 0 Å². The Morgan fingerprint density at radius 2 is 1.91 bits per heavy atom. The van der Waals surface area contributed by atoms with E-state index in [1.807, 2.05) is 18.2 Å². The molecule has 0 aromatic heterocycles. The van der Waals surface area contributed by atoms with E-state index in [0.717, 1.165) is 36.6 Å². The predicted octanol–water partition coefficient (Wildman–Crippen LogP) is 1.17. The number of halogens is 1. The molecule has 1 aromatic rings. The van der Waals surface area contributed by atoms with Gasteiger partial charge >= 0.3 is 0 Å². The highest BCUT2D eigenvalue weighted by atomic mass is 35.5. The molecule has 0 amide bonds. The molecular formula is C16H18ClNO4. The largest absolute Gasteiger partial charge is 0.454 e. The Morgan fingerprint density at radius 1 is 1.14 bits per heavy atom. The van der Waals surface area contributed by atoms with Crippen LogP contribution < -0.4 is 9.47 Å². The van der Waals surface area contributed by atoms with E-state index in [9.17, 15) is 10.2 Å². The standard InChI is InChI=1S/C16H17NO4.ClH/c18-11-3-8-1-2-17-6-9-4-12-13(21-7-20-12)5-10(9)14(15(8)17)16(11)19;/h3-5,11,14-16,18-19H,1-2,6-7H2;1H/t11-,14-,15+,16+;/m1./s1. The molecule has 5 nitrogen and oxygen atoms in total. The molecule has 22 heavy (non-hydrogen) atoms. The zero-order chi connectivity index (χ0) is 14.1. The lowest BCUT2D eigenvalue weighted by Gasteiger charge is -2.44. The molecule has 0 radical (unpaired) electrons. The van der Waals surface area contributed by atoms with Gasteiger partial charge in [0.05, 0.1) is 12.2 Å². The Bertz CT molecular complexity index is 662. The lowest BCUT2D eigenvalue weighted by Crippen LogP contribution is -2.49. The second-order valence-corrected chi connectivity index (χ2v) is 6.32. The Kier molecular flexibility index (Phi) is 3.17. The van der Waals surface area contributed by atoms with Crippen molar-refractivity contribution in [2.45, 2.75) is 37.1 Å². The molecule has 1 aliphatic carbocycles. The summed E-state index contributed by atoms with van der Waals surface area (Å²) in [5.74, 6) is 1.45. The summed E-state index contributed by atoms with van der Waals surface area (Å²) >= 11 is 0. The van der Waals surface area contributed by atoms with Crippen LogP contribution in [0, 0.1) is 0 Å². The smallest absolute Gasteiger partial charge is 0.231 e. The lowest BCUT2D eigenvalue weighted by atomic mass is 9.73. The highest BCUT2D eigenvalue weighted by Crippen LogP contribution is 2.49. The number of fused-ring (bicyclic) bond motifs is 3. The maximum atomic E-state index is 10.5. The zero-order valence-electron chi connectivity index (χ0n) is 11.9. The molecule has 1 aromatic carbocycles. The maximum absolute atomic E-state index is 10.5. The van der Waals surface area contributed by atoms with Crippen LogP contribution in [0.3, 0.4) is 0 Å². The summed E-state index contributed by atoms with van der Waals surface area (Å²) in [6.07, 6.45) is 1.28. The molecule has 1 saturated heterocycles. The normalized spacial score (nSPS) is 34.5. The molecule has 0 bridgehead atoms. The quantitative estimate of drug-likeness (QED) is 0.702. The fourth-order valence-electron chi connectivity index (χ4n) is 4.35. The topological polar surface area (TPSA) is 62.2 Å². The fourth-order valence-corrected chi connectivity index (χ4v) is 4.35. The number of benzene rings is 1. The van der Waals surface area contributed by atoms with Crippen LogP contribution in [0.1, 0.15) is 23.5 Å². The molecular weight excluding hydrogens is 306 g/mol. The summed E-state index contributed by atoms with van der Waals surface area (Å²) in [5, 5.41) is 20.7. The lowest BCUT2D eigenvalue weighted by molar-refractivity contribution is -0.00157. The average molecular weight is 324 g/mol. The average Bonchev–Trinajstić information content (AvgIpc) is 3.08. The number of aliphatic hydroxyl groups excluding tert-OH is 2. The van der Waals surface area contributed by atoms with Gasteiger partial charge in [-0.15, -0.1) is 12.4 Å². The summed E-state index contributed by atoms with van der Waals surface area (Å²) in [7, 11) is 0. The number of hydrogen-bond donors (Lipinski definition) is 2. The summed E-state index contributed by atoms with van der Waals surface area (Å²) in [6, 6.07) is 4.25. The number of hydrogen-bond acceptors (Lipinski definition) is 5. The van der Waals surface area contributed by atoms with Gasteiger partial charge in [0.2, 0.25) is 6.79 Å². The molecule has 0 saturated carbocycles. The van der Waals surface area contributed by atoms with Crippen LogP contribution in [0.15, 0.2) is 23.8 Å². The van der Waals surface area contributed by atoms with Crippen molar-refractivity contribution in [1.82, 2.24) is 4.90 Å². The molecule has 1 fully saturated rings. The molecule has 4 atom stereocenters. The number of rotatable bonds is 0. The van der Waals surface area contributed by atoms with Crippen molar-refractivity contribution in [2.75, 3.05) is 13.3 Å². The first-order valence-corrected chi connectivity index (χ1v) is 7.45. The van der Waals surface area contributed by atoms with E-state index in [0.29, 0.717) is 0 Å². The molecule has 118 valence electrons. The van der Waals surface area contributed by atoms with E-state index in [4.69, 9.17) is 9.47 Å². The van der Waals surface area contributed by atoms with Gasteiger partial charge in [0, 0.05) is 25.0 Å². The number of ether oxygens (including phenoxy) is 2. The summed E-state index contributed by atoms with van der Waals surface area (Å²) in [4.78, 5) is 2.40. The van der Waals surface area contributed by atoms with Crippen molar-refractivity contribution in [1.29, 1.82) is 0 Å². The third-order valence-electron chi connectivity index (χ3n) is 5.27. The van der Waals surface area contributed by atoms with Crippen LogP contribution in [-0.4, -0.2) is 46.7 Å². The monoisotopic (exact) mass is 323 g/mol. The van der Waals surface area contributed by atoms with E-state index in [1.165, 1.54) is 11.1 Å². The Balaban J connectivity index is 0.00000125. The van der Waals surface area contributed by atoms with E-state index < -0.39 is 12.2 Å². The third kappa shape index (κ3) is 1.77. The minimum atomic E-state index is -0.780. The molecule has 4 aliphatic rings. The van der Waals surface area contributed by atoms with Crippen molar-refractivity contribution >= 4 is 12.4 Å². The maximum Gasteiger partial charge on any atom is 0.231 e. The minimum absolute atomic E-state index is 0. The van der Waals surface area contributed by atoms with Crippen LogP contribution >= 0.6 is 12.4 Å². The first kappa shape index (κ1) is 14.3. The third-order valence-corrected chi connectivity index (χ3v) is 5.27. The SMILES string of the molecule is Cl.O[C@@H]1[C@@H]2c3cc4c(cc3CN3CCC(=C[C@H]1O)[C@@H]23)OCO4. The van der Waals surface area contributed by atoms with E-state index in [2.05, 4.69) is 4.90 Å². The first-order chi connectivity index (χ1) is 10.2. The van der Waals surface area contributed by atoms with Crippen molar-refractivity contribution < 1.29 is 19.7 Å². The molecule has 3 aliphatic heterocycles. The number of aliphatic hydroxyl groups is 2. The highest BCUT2D eigenvalue weighted by Gasteiger charge is 2.48. The zero-order valence-corrected chi connectivity index (χ0v) is 12.8. The van der Waals surface area contributed by atoms with Gasteiger partial charge < -0.3 is 19.7 Å². The summed E-state index contributed by atoms with van der Waals surface area (Å²) in [6.45, 7) is 2.11. The predicted molar refractivity (Wildman–Crippen MR) is 81.5 cm³/mol. The van der Waals surface area contributed by atoms with Gasteiger partial charge in [-0.2, -0.15) is 0 Å². The van der Waals surface area contributed by atoms with E-state index in [-0.39, 0.29) is 31.2 Å². The fraction of sp³-hybridized carbons (Fsp3) is 0.500. The van der Waals surface area contributed by atoms with Crippen LogP contribution in [0.4, 0.5) is 0 Å². The van der Waals surface area contributed by atoms with Crippen molar-refractivity contribution in [3.8, 4) is 11.5 Å². The Morgan fingerprint density at radius 3 is 2.73 bits per heavy atom. The van der Waals surface area contributed by atoms with Crippen LogP contribution in [0.25, 0.3) is 0 Å². The highest BCUT2D eigenvalue weighted by molar-refractivity contribution is 5.85. The summed E-state index contributed by atoms with van der Waals surface area (Å²) in [5.41, 5.74) is 3.54. The molecule has 2 N–H and O–H groups in total. The molecule has 6 heteroatoms. The second kappa shape index (κ2) is 4.86. The van der Waals surface area contributed by atoms with Gasteiger partial charge in [-0.25, -0.2) is 0 Å². The van der Waals surface area contributed by atoms with Crippen molar-refractivity contribution in [3.05, 3.63) is 34.9 Å². The van der Waals surface area contributed by atoms with Gasteiger partial charge in [-0.3, -0.25) is 4.90 Å². The van der Waals surface area contributed by atoms with Gasteiger partial charge in [-0.1, -0.05) is 11.6 Å². The molecule has 3 heterocycles. The van der Waals surface area contributed by atoms with Crippen LogP contribution in [-0.2, 0) is 6.54 Å². The van der Waals surface area contributed by atoms with E-state index >= 15 is 0 Å². The van der Waals surface area contributed by atoms with Crippen LogP contribution in [0.2, 0.25) is 0 Å². The molecule has 0 unspecified atom stereocenters. The van der Waals surface area contributed by atoms with Gasteiger partial charge in [0.25, 0.3) is 0 Å². The van der Waals surface area contributed by atoms with Gasteiger partial charge in [-0.05, 0) is 29.7 Å². The second-order valence-electron chi connectivity index (χ2n) is 6.32. The minimum Gasteiger partial charge on any atom is -0.454 e. The Labute approximate surface area is 134 Å². The van der Waals surface area contributed by atoms with Gasteiger partial charge in [0.15, 0.2) is 11.5 Å². The Hall–Kier alpha value is -1.27. The van der Waals surface area contributed by atoms with Crippen molar-refractivity contribution in [2.24, 2.45) is 0 Å². The van der Waals surface area contributed by atoms with Crippen LogP contribution in [0.5, 0.6) is 11.5 Å². The molecule has 5 rings (SSSR count). The summed E-state index contributed by atoms with van der Waals surface area (Å²) < 4.78 is 10.9.